The van der Waals surface area contributed by atoms with Crippen molar-refractivity contribution in [3.63, 3.8) is 0 Å². The van der Waals surface area contributed by atoms with Gasteiger partial charge in [0.2, 0.25) is 5.91 Å². The number of amides is 1. The second-order valence-corrected chi connectivity index (χ2v) is 8.54. The molecule has 4 aromatic rings. The van der Waals surface area contributed by atoms with E-state index in [0.29, 0.717) is 45.1 Å². The molecule has 0 bridgehead atoms. The van der Waals surface area contributed by atoms with Crippen molar-refractivity contribution in [3.8, 4) is 40.1 Å². The highest BCUT2D eigenvalue weighted by Crippen LogP contribution is 2.38. The molecule has 0 unspecified atom stereocenters. The number of phenols is 2. The van der Waals surface area contributed by atoms with Crippen molar-refractivity contribution in [3.05, 3.63) is 71.8 Å². The Morgan fingerprint density at radius 1 is 0.897 bits per heavy atom. The van der Waals surface area contributed by atoms with Gasteiger partial charge in [0.25, 0.3) is 0 Å². The van der Waals surface area contributed by atoms with E-state index in [2.05, 4.69) is 5.32 Å². The molecule has 0 saturated heterocycles. The number of fused-ring (bicyclic) bond motifs is 1. The first-order valence-corrected chi connectivity index (χ1v) is 11.8. The number of methoxy groups -OCH3 is 3. The van der Waals surface area contributed by atoms with Crippen LogP contribution in [0.5, 0.6) is 28.7 Å². The molecular formula is C29H27NO9. The van der Waals surface area contributed by atoms with Gasteiger partial charge in [-0.15, -0.1) is 0 Å². The van der Waals surface area contributed by atoms with Gasteiger partial charge in [0.1, 0.15) is 11.8 Å². The predicted molar refractivity (Wildman–Crippen MR) is 143 cm³/mol. The number of aromatic hydroxyl groups is 2. The molecule has 0 aliphatic rings. The lowest BCUT2D eigenvalue weighted by Crippen LogP contribution is -2.41. The fourth-order valence-electron chi connectivity index (χ4n) is 4.07. The molecule has 39 heavy (non-hydrogen) atoms. The van der Waals surface area contributed by atoms with Gasteiger partial charge in [-0.3, -0.25) is 4.79 Å². The van der Waals surface area contributed by atoms with Crippen LogP contribution in [0.1, 0.15) is 11.1 Å². The maximum Gasteiger partial charge on any atom is 0.326 e. The average Bonchev–Trinajstić information content (AvgIpc) is 3.38. The van der Waals surface area contributed by atoms with E-state index in [1.54, 1.807) is 44.6 Å². The van der Waals surface area contributed by atoms with Crippen molar-refractivity contribution in [1.82, 2.24) is 5.32 Å². The van der Waals surface area contributed by atoms with Crippen LogP contribution in [0.15, 0.2) is 65.1 Å². The number of carboxylic acids is 1. The SMILES string of the molecule is COc1ccc(-c2cc3c(/C=C/C(=O)N[C@@H](Cc4ccc(O)c(O)c4)C(=O)O)ccc(OC)c3o2)cc1OC. The number of hydrogen-bond donors (Lipinski definition) is 4. The highest BCUT2D eigenvalue weighted by atomic mass is 16.5. The lowest BCUT2D eigenvalue weighted by atomic mass is 10.0. The van der Waals surface area contributed by atoms with Crippen molar-refractivity contribution in [2.24, 2.45) is 0 Å². The van der Waals surface area contributed by atoms with Gasteiger partial charge in [0.15, 0.2) is 34.3 Å². The fraction of sp³-hybridized carbons (Fsp3) is 0.172. The van der Waals surface area contributed by atoms with Gasteiger partial charge in [-0.1, -0.05) is 12.1 Å². The van der Waals surface area contributed by atoms with E-state index in [1.807, 2.05) is 12.1 Å². The molecular weight excluding hydrogens is 506 g/mol. The summed E-state index contributed by atoms with van der Waals surface area (Å²) in [5.74, 6) is -0.417. The summed E-state index contributed by atoms with van der Waals surface area (Å²) in [6, 6.07) is 13.4. The van der Waals surface area contributed by atoms with Gasteiger partial charge < -0.3 is 39.3 Å². The molecule has 3 aromatic carbocycles. The molecule has 1 atom stereocenters. The maximum absolute atomic E-state index is 12.6. The Labute approximate surface area is 223 Å². The summed E-state index contributed by atoms with van der Waals surface area (Å²) in [5, 5.41) is 31.8. The molecule has 0 aliphatic carbocycles. The topological polar surface area (TPSA) is 148 Å². The van der Waals surface area contributed by atoms with Crippen LogP contribution in [0.3, 0.4) is 0 Å². The number of rotatable bonds is 10. The van der Waals surface area contributed by atoms with E-state index < -0.39 is 17.9 Å². The molecule has 1 aromatic heterocycles. The first-order valence-electron chi connectivity index (χ1n) is 11.8. The van der Waals surface area contributed by atoms with Gasteiger partial charge in [-0.2, -0.15) is 0 Å². The van der Waals surface area contributed by atoms with E-state index in [9.17, 15) is 24.9 Å². The molecule has 0 aliphatic heterocycles. The summed E-state index contributed by atoms with van der Waals surface area (Å²) in [7, 11) is 4.62. The smallest absolute Gasteiger partial charge is 0.326 e. The molecule has 0 spiro atoms. The lowest BCUT2D eigenvalue weighted by Gasteiger charge is -2.14. The van der Waals surface area contributed by atoms with Crippen LogP contribution in [0.4, 0.5) is 0 Å². The Hall–Kier alpha value is -5.12. The highest BCUT2D eigenvalue weighted by Gasteiger charge is 2.20. The third-order valence-corrected chi connectivity index (χ3v) is 6.08. The third-order valence-electron chi connectivity index (χ3n) is 6.08. The third kappa shape index (κ3) is 5.90. The second kappa shape index (κ2) is 11.5. The zero-order valence-corrected chi connectivity index (χ0v) is 21.4. The van der Waals surface area contributed by atoms with Crippen LogP contribution >= 0.6 is 0 Å². The molecule has 202 valence electrons. The average molecular weight is 534 g/mol. The Bertz CT molecular complexity index is 1550. The lowest BCUT2D eigenvalue weighted by molar-refractivity contribution is -0.141. The standard InChI is InChI=1S/C29H27NO9/c1-36-23-9-6-18(14-26(23)38-3)25-15-19-17(5-10-24(37-2)28(19)39-25)7-11-27(33)30-20(29(34)35)12-16-4-8-21(31)22(32)13-16/h4-11,13-15,20,31-32H,12H2,1-3H3,(H,30,33)(H,34,35)/b11-7+/t20-/m0/s1. The number of aliphatic carboxylic acids is 1. The fourth-order valence-corrected chi connectivity index (χ4v) is 4.07. The van der Waals surface area contributed by atoms with Gasteiger partial charge in [-0.05, 0) is 59.7 Å². The molecule has 10 nitrogen and oxygen atoms in total. The normalized spacial score (nSPS) is 11.9. The molecule has 10 heteroatoms. The molecule has 0 fully saturated rings. The molecule has 4 rings (SSSR count). The predicted octanol–water partition coefficient (Wildman–Crippen LogP) is 4.36. The van der Waals surface area contributed by atoms with Gasteiger partial charge in [0, 0.05) is 23.4 Å². The minimum Gasteiger partial charge on any atom is -0.504 e. The van der Waals surface area contributed by atoms with Crippen LogP contribution < -0.4 is 19.5 Å². The Morgan fingerprint density at radius 2 is 1.62 bits per heavy atom. The summed E-state index contributed by atoms with van der Waals surface area (Å²) in [6.45, 7) is 0. The number of carbonyl (C=O) groups is 2. The number of phenolic OH excluding ortho intramolecular Hbond substituents is 2. The summed E-state index contributed by atoms with van der Waals surface area (Å²) in [4.78, 5) is 24.4. The number of hydrogen-bond acceptors (Lipinski definition) is 8. The Morgan fingerprint density at radius 3 is 2.28 bits per heavy atom. The Kier molecular flexibility index (Phi) is 7.95. The summed E-state index contributed by atoms with van der Waals surface area (Å²) < 4.78 is 22.2. The van der Waals surface area contributed by atoms with Gasteiger partial charge in [0.05, 0.1) is 21.3 Å². The highest BCUT2D eigenvalue weighted by molar-refractivity contribution is 5.99. The van der Waals surface area contributed by atoms with Gasteiger partial charge in [-0.25, -0.2) is 4.79 Å². The van der Waals surface area contributed by atoms with Crippen molar-refractivity contribution in [2.45, 2.75) is 12.5 Å². The summed E-state index contributed by atoms with van der Waals surface area (Å²) in [5.41, 5.74) is 2.29. The van der Waals surface area contributed by atoms with E-state index in [4.69, 9.17) is 18.6 Å². The number of ether oxygens (including phenoxy) is 3. The molecule has 1 heterocycles. The van der Waals surface area contributed by atoms with E-state index in [0.717, 1.165) is 5.56 Å². The Balaban J connectivity index is 1.59. The van der Waals surface area contributed by atoms with Crippen molar-refractivity contribution < 1.29 is 43.5 Å². The summed E-state index contributed by atoms with van der Waals surface area (Å²) >= 11 is 0. The van der Waals surface area contributed by atoms with Crippen LogP contribution in [0, 0.1) is 0 Å². The first-order chi connectivity index (χ1) is 18.7. The van der Waals surface area contributed by atoms with Crippen molar-refractivity contribution in [2.75, 3.05) is 21.3 Å². The number of benzene rings is 3. The van der Waals surface area contributed by atoms with Crippen LogP contribution in [0.2, 0.25) is 0 Å². The quantitative estimate of drug-likeness (QED) is 0.172. The van der Waals surface area contributed by atoms with Crippen molar-refractivity contribution >= 4 is 28.9 Å². The number of carboxylic acid groups (broad SMARTS) is 1. The van der Waals surface area contributed by atoms with E-state index in [1.165, 1.54) is 31.4 Å². The largest absolute Gasteiger partial charge is 0.504 e. The zero-order chi connectivity index (χ0) is 28.1. The van der Waals surface area contributed by atoms with E-state index >= 15 is 0 Å². The molecule has 0 saturated carbocycles. The van der Waals surface area contributed by atoms with Crippen LogP contribution in [-0.4, -0.2) is 54.6 Å². The minimum atomic E-state index is -1.26. The summed E-state index contributed by atoms with van der Waals surface area (Å²) in [6.07, 6.45) is 2.69. The minimum absolute atomic E-state index is 0.0913. The van der Waals surface area contributed by atoms with Crippen LogP contribution in [0.25, 0.3) is 28.4 Å². The number of nitrogens with one attached hydrogen (secondary N) is 1. The molecule has 1 amide bonds. The van der Waals surface area contributed by atoms with Gasteiger partial charge >= 0.3 is 5.97 Å². The maximum atomic E-state index is 12.6. The van der Waals surface area contributed by atoms with Crippen molar-refractivity contribution in [1.29, 1.82) is 0 Å². The number of furan rings is 1. The first kappa shape index (κ1) is 26.9. The molecule has 4 N–H and O–H groups in total. The van der Waals surface area contributed by atoms with Crippen LogP contribution in [-0.2, 0) is 16.0 Å². The number of carbonyl (C=O) groups excluding carboxylic acids is 1. The van der Waals surface area contributed by atoms with E-state index in [-0.39, 0.29) is 17.9 Å². The zero-order valence-electron chi connectivity index (χ0n) is 21.4. The second-order valence-electron chi connectivity index (χ2n) is 8.54. The molecule has 0 radical (unpaired) electrons. The monoisotopic (exact) mass is 533 g/mol.